The lowest BCUT2D eigenvalue weighted by Gasteiger charge is -2.34. The minimum Gasteiger partial charge on any atom is -0.342 e. The summed E-state index contributed by atoms with van der Waals surface area (Å²) < 4.78 is 1.62. The van der Waals surface area contributed by atoms with E-state index in [2.05, 4.69) is 38.0 Å². The fraction of sp³-hybridized carbons (Fsp3) is 0.542. The van der Waals surface area contributed by atoms with Gasteiger partial charge in [-0.05, 0) is 43.2 Å². The number of aromatic nitrogens is 2. The van der Waals surface area contributed by atoms with E-state index < -0.39 is 0 Å². The van der Waals surface area contributed by atoms with Gasteiger partial charge in [0.05, 0.1) is 11.1 Å². The summed E-state index contributed by atoms with van der Waals surface area (Å²) in [6, 6.07) is 13.7. The Morgan fingerprint density at radius 3 is 2.31 bits per heavy atom. The largest absolute Gasteiger partial charge is 0.342 e. The number of hydrogen-bond donors (Lipinski definition) is 0. The van der Waals surface area contributed by atoms with Crippen LogP contribution >= 0.6 is 0 Å². The number of rotatable bonds is 4. The lowest BCUT2D eigenvalue weighted by Crippen LogP contribution is -2.45. The van der Waals surface area contributed by atoms with Crippen LogP contribution in [0.1, 0.15) is 57.7 Å². The highest BCUT2D eigenvalue weighted by atomic mass is 16.2. The van der Waals surface area contributed by atoms with Crippen LogP contribution in [-0.4, -0.2) is 33.7 Å². The average Bonchev–Trinajstić information content (AvgIpc) is 3.51. The van der Waals surface area contributed by atoms with Gasteiger partial charge in [0.2, 0.25) is 5.91 Å². The van der Waals surface area contributed by atoms with Crippen molar-refractivity contribution in [2.45, 2.75) is 63.8 Å². The summed E-state index contributed by atoms with van der Waals surface area (Å²) in [6.07, 6.45) is 3.75. The van der Waals surface area contributed by atoms with E-state index in [1.165, 1.54) is 0 Å². The predicted octanol–water partition coefficient (Wildman–Crippen LogP) is 3.51. The summed E-state index contributed by atoms with van der Waals surface area (Å²) in [5.41, 5.74) is 1.68. The van der Waals surface area contributed by atoms with E-state index >= 15 is 0 Å². The minimum atomic E-state index is -0.284. The van der Waals surface area contributed by atoms with Crippen molar-refractivity contribution in [1.29, 1.82) is 0 Å². The molecule has 0 radical (unpaired) electrons. The third kappa shape index (κ3) is 4.00. The monoisotopic (exact) mass is 393 g/mol. The van der Waals surface area contributed by atoms with Gasteiger partial charge in [-0.2, -0.15) is 5.10 Å². The Balaban J connectivity index is 1.39. The smallest absolute Gasteiger partial charge is 0.266 e. The maximum absolute atomic E-state index is 13.2. The van der Waals surface area contributed by atoms with Crippen LogP contribution in [0.4, 0.5) is 0 Å². The van der Waals surface area contributed by atoms with E-state index in [0.717, 1.165) is 50.0 Å². The van der Waals surface area contributed by atoms with Crippen molar-refractivity contribution >= 4 is 5.91 Å². The molecule has 2 aromatic rings. The van der Waals surface area contributed by atoms with Crippen molar-refractivity contribution in [1.82, 2.24) is 14.7 Å². The maximum Gasteiger partial charge on any atom is 0.266 e. The summed E-state index contributed by atoms with van der Waals surface area (Å²) in [6.45, 7) is 8.49. The van der Waals surface area contributed by atoms with Gasteiger partial charge in [0, 0.05) is 31.1 Å². The first kappa shape index (κ1) is 19.9. The molecule has 0 atom stereocenters. The second-order valence-electron chi connectivity index (χ2n) is 9.67. The van der Waals surface area contributed by atoms with Crippen LogP contribution in [0.2, 0.25) is 0 Å². The molecule has 29 heavy (non-hydrogen) atoms. The Morgan fingerprint density at radius 2 is 1.72 bits per heavy atom. The highest BCUT2D eigenvalue weighted by Crippen LogP contribution is 2.49. The highest BCUT2D eigenvalue weighted by Gasteiger charge is 2.53. The SMILES string of the molecule is CC(C)(C)c1ccc(=O)n(CC2CCN(C(=O)C3(c4ccccc4)CC3)CC2)n1. The molecule has 1 saturated heterocycles. The summed E-state index contributed by atoms with van der Waals surface area (Å²) in [4.78, 5) is 27.5. The summed E-state index contributed by atoms with van der Waals surface area (Å²) in [7, 11) is 0. The van der Waals surface area contributed by atoms with E-state index in [-0.39, 0.29) is 22.3 Å². The lowest BCUT2D eigenvalue weighted by atomic mass is 9.91. The van der Waals surface area contributed by atoms with Gasteiger partial charge in [0.1, 0.15) is 0 Å². The number of carbonyl (C=O) groups excluding carboxylic acids is 1. The number of likely N-dealkylation sites (tertiary alicyclic amines) is 1. The number of nitrogens with zero attached hydrogens (tertiary/aromatic N) is 3. The Kier molecular flexibility index (Phi) is 5.09. The molecule has 2 fully saturated rings. The van der Waals surface area contributed by atoms with Gasteiger partial charge in [0.15, 0.2) is 0 Å². The van der Waals surface area contributed by atoms with Gasteiger partial charge in [-0.25, -0.2) is 4.68 Å². The Morgan fingerprint density at radius 1 is 1.07 bits per heavy atom. The average molecular weight is 394 g/mol. The van der Waals surface area contributed by atoms with Gasteiger partial charge < -0.3 is 4.90 Å². The molecule has 5 heteroatoms. The van der Waals surface area contributed by atoms with Crippen molar-refractivity contribution in [2.24, 2.45) is 5.92 Å². The lowest BCUT2D eigenvalue weighted by molar-refractivity contribution is -0.135. The molecule has 1 amide bonds. The minimum absolute atomic E-state index is 0.0440. The first-order valence-electron chi connectivity index (χ1n) is 10.7. The van der Waals surface area contributed by atoms with Crippen molar-refractivity contribution in [3.63, 3.8) is 0 Å². The van der Waals surface area contributed by atoms with Crippen LogP contribution in [0.15, 0.2) is 47.3 Å². The van der Waals surface area contributed by atoms with E-state index in [1.54, 1.807) is 10.7 Å². The molecule has 0 N–H and O–H groups in total. The number of amides is 1. The van der Waals surface area contributed by atoms with Gasteiger partial charge in [-0.15, -0.1) is 0 Å². The molecule has 154 valence electrons. The molecule has 5 nitrogen and oxygen atoms in total. The summed E-state index contributed by atoms with van der Waals surface area (Å²) in [5, 5.41) is 4.60. The van der Waals surface area contributed by atoms with Crippen molar-refractivity contribution in [3.8, 4) is 0 Å². The molecule has 4 rings (SSSR count). The topological polar surface area (TPSA) is 55.2 Å². The Bertz CT molecular complexity index is 931. The number of benzene rings is 1. The predicted molar refractivity (Wildman–Crippen MR) is 114 cm³/mol. The van der Waals surface area contributed by atoms with Crippen LogP contribution < -0.4 is 5.56 Å². The number of carbonyl (C=O) groups is 1. The molecule has 1 aliphatic carbocycles. The zero-order valence-electron chi connectivity index (χ0n) is 17.7. The van der Waals surface area contributed by atoms with Gasteiger partial charge in [0.25, 0.3) is 5.56 Å². The molecular weight excluding hydrogens is 362 g/mol. The van der Waals surface area contributed by atoms with E-state index in [1.807, 2.05) is 29.2 Å². The standard InChI is InChI=1S/C24H31N3O2/c1-23(2,3)20-9-10-21(28)27(25-20)17-18-11-15-26(16-12-18)22(29)24(13-14-24)19-7-5-4-6-8-19/h4-10,18H,11-17H2,1-3H3. The van der Waals surface area contributed by atoms with Crippen molar-refractivity contribution in [3.05, 3.63) is 64.1 Å². The molecule has 2 aliphatic rings. The van der Waals surface area contributed by atoms with Gasteiger partial charge >= 0.3 is 0 Å². The fourth-order valence-electron chi connectivity index (χ4n) is 4.35. The van der Waals surface area contributed by atoms with Crippen LogP contribution in [0.5, 0.6) is 0 Å². The van der Waals surface area contributed by atoms with Crippen LogP contribution in [0, 0.1) is 5.92 Å². The quantitative estimate of drug-likeness (QED) is 0.799. The van der Waals surface area contributed by atoms with E-state index in [4.69, 9.17) is 0 Å². The van der Waals surface area contributed by atoms with Crippen molar-refractivity contribution < 1.29 is 4.79 Å². The zero-order valence-corrected chi connectivity index (χ0v) is 17.7. The Hall–Kier alpha value is -2.43. The van der Waals surface area contributed by atoms with Crippen LogP contribution in [0.25, 0.3) is 0 Å². The molecule has 1 aromatic heterocycles. The highest BCUT2D eigenvalue weighted by molar-refractivity contribution is 5.91. The third-order valence-electron chi connectivity index (χ3n) is 6.45. The summed E-state index contributed by atoms with van der Waals surface area (Å²) in [5.74, 6) is 0.665. The maximum atomic E-state index is 13.2. The van der Waals surface area contributed by atoms with Crippen LogP contribution in [-0.2, 0) is 22.2 Å². The fourth-order valence-corrected chi connectivity index (χ4v) is 4.35. The number of piperidine rings is 1. The van der Waals surface area contributed by atoms with Crippen molar-refractivity contribution in [2.75, 3.05) is 13.1 Å². The van der Waals surface area contributed by atoms with Crippen LogP contribution in [0.3, 0.4) is 0 Å². The number of hydrogen-bond acceptors (Lipinski definition) is 3. The molecular formula is C24H31N3O2. The third-order valence-corrected chi connectivity index (χ3v) is 6.45. The molecule has 1 aliphatic heterocycles. The van der Waals surface area contributed by atoms with E-state index in [9.17, 15) is 9.59 Å². The Labute approximate surface area is 172 Å². The first-order valence-corrected chi connectivity index (χ1v) is 10.7. The molecule has 0 bridgehead atoms. The molecule has 0 unspecified atom stereocenters. The molecule has 1 aromatic carbocycles. The zero-order chi connectivity index (χ0) is 20.6. The van der Waals surface area contributed by atoms with E-state index in [0.29, 0.717) is 12.5 Å². The van der Waals surface area contributed by atoms with Gasteiger partial charge in [-0.3, -0.25) is 9.59 Å². The molecule has 1 saturated carbocycles. The first-order chi connectivity index (χ1) is 13.8. The normalized spacial score (nSPS) is 19.2. The second kappa shape index (κ2) is 7.43. The summed E-state index contributed by atoms with van der Waals surface area (Å²) >= 11 is 0. The molecule has 0 spiro atoms. The second-order valence-corrected chi connectivity index (χ2v) is 9.67. The molecule has 2 heterocycles. The van der Waals surface area contributed by atoms with Gasteiger partial charge in [-0.1, -0.05) is 51.1 Å².